The van der Waals surface area contributed by atoms with E-state index in [0.717, 1.165) is 21.7 Å². The van der Waals surface area contributed by atoms with E-state index >= 15 is 0 Å². The maximum atomic E-state index is 13.7. The normalized spacial score (nSPS) is 16.4. The van der Waals surface area contributed by atoms with E-state index in [1.165, 1.54) is 24.3 Å². The van der Waals surface area contributed by atoms with E-state index < -0.39 is 54.4 Å². The summed E-state index contributed by atoms with van der Waals surface area (Å²) in [6.07, 6.45) is -8.78. The Hall–Kier alpha value is -4.49. The van der Waals surface area contributed by atoms with E-state index in [2.05, 4.69) is 10.3 Å². The zero-order valence-electron chi connectivity index (χ0n) is 27.0. The summed E-state index contributed by atoms with van der Waals surface area (Å²) in [4.78, 5) is 41.1. The second kappa shape index (κ2) is 16.5. The summed E-state index contributed by atoms with van der Waals surface area (Å²) in [6, 6.07) is 13.3. The number of nitrogens with zero attached hydrogens (tertiary/aromatic N) is 3. The second-order valence-corrected chi connectivity index (χ2v) is 13.1. The van der Waals surface area contributed by atoms with Gasteiger partial charge >= 0.3 is 18.3 Å². The first-order valence-electron chi connectivity index (χ1n) is 15.6. The summed E-state index contributed by atoms with van der Waals surface area (Å²) in [5.74, 6) is -2.47. The zero-order valence-corrected chi connectivity index (χ0v) is 28.6. The molecule has 2 saturated heterocycles. The molecule has 3 aromatic carbocycles. The number of rotatable bonds is 12. The number of thioether (sulfide) groups is 1. The molecule has 18 heteroatoms. The van der Waals surface area contributed by atoms with Crippen molar-refractivity contribution in [2.24, 2.45) is 0 Å². The molecule has 0 saturated carbocycles. The van der Waals surface area contributed by atoms with Crippen LogP contribution in [0.15, 0.2) is 71.6 Å². The molecule has 276 valence electrons. The third kappa shape index (κ3) is 9.88. The summed E-state index contributed by atoms with van der Waals surface area (Å²) >= 11 is 6.18. The minimum Gasteiger partial charge on any atom is -0.492 e. The maximum absolute atomic E-state index is 13.7. The molecule has 2 N–H and O–H groups in total. The average Bonchev–Trinajstić information content (AvgIpc) is 3.37. The third-order valence-electron chi connectivity index (χ3n) is 7.83. The molecule has 5 rings (SSSR count). The number of carbonyl (C=O) groups excluding carboxylic acids is 2. The number of carboxylic acid groups (broad SMARTS) is 1. The molecule has 0 unspecified atom stereocenters. The molecule has 2 heterocycles. The van der Waals surface area contributed by atoms with Gasteiger partial charge in [-0.3, -0.25) is 19.3 Å². The van der Waals surface area contributed by atoms with Crippen LogP contribution in [0.4, 0.5) is 32.0 Å². The number of amides is 2. The van der Waals surface area contributed by atoms with E-state index in [4.69, 9.17) is 21.7 Å². The lowest BCUT2D eigenvalue weighted by Gasteiger charge is -2.26. The summed E-state index contributed by atoms with van der Waals surface area (Å²) in [6.45, 7) is 1.92. The minimum absolute atomic E-state index is 0.00519. The molecule has 2 aliphatic rings. The molecule has 0 radical (unpaired) electrons. The first kappa shape index (κ1) is 38.7. The highest BCUT2D eigenvalue weighted by molar-refractivity contribution is 8.26. The van der Waals surface area contributed by atoms with Gasteiger partial charge in [0.1, 0.15) is 18.9 Å². The van der Waals surface area contributed by atoms with Gasteiger partial charge < -0.3 is 19.5 Å². The van der Waals surface area contributed by atoms with Crippen LogP contribution in [0.1, 0.15) is 16.7 Å². The van der Waals surface area contributed by atoms with Gasteiger partial charge in [-0.15, -0.1) is 0 Å². The highest BCUT2D eigenvalue weighted by Crippen LogP contribution is 2.40. The molecule has 0 atom stereocenters. The number of hydrogen-bond acceptors (Lipinski definition) is 9. The fourth-order valence-electron chi connectivity index (χ4n) is 5.26. The van der Waals surface area contributed by atoms with Gasteiger partial charge in [-0.05, 0) is 59.7 Å². The van der Waals surface area contributed by atoms with Crippen LogP contribution in [0, 0.1) is 0 Å². The molecular weight excluding hydrogens is 739 g/mol. The number of ether oxygens (including phenoxy) is 2. The number of hydrazine groups is 1. The lowest BCUT2D eigenvalue weighted by molar-refractivity contribution is -0.143. The molecule has 0 bridgehead atoms. The predicted molar refractivity (Wildman–Crippen MR) is 184 cm³/mol. The van der Waals surface area contributed by atoms with E-state index in [-0.39, 0.29) is 44.3 Å². The highest BCUT2D eigenvalue weighted by atomic mass is 32.2. The van der Waals surface area contributed by atoms with Gasteiger partial charge in [-0.1, -0.05) is 48.2 Å². The van der Waals surface area contributed by atoms with E-state index in [9.17, 15) is 45.8 Å². The number of para-hydroxylation sites is 1. The Morgan fingerprint density at radius 1 is 0.962 bits per heavy atom. The number of halogens is 6. The number of thiocarbonyl (C=S) groups is 1. The molecule has 0 spiro atoms. The van der Waals surface area contributed by atoms with Crippen molar-refractivity contribution in [3.63, 3.8) is 0 Å². The van der Waals surface area contributed by atoms with E-state index in [0.29, 0.717) is 50.7 Å². The Bertz CT molecular complexity index is 1820. The molecule has 0 aliphatic carbocycles. The Morgan fingerprint density at radius 2 is 1.62 bits per heavy atom. The van der Waals surface area contributed by atoms with Crippen molar-refractivity contribution in [2.45, 2.75) is 12.4 Å². The predicted octanol–water partition coefficient (Wildman–Crippen LogP) is 5.93. The molecule has 52 heavy (non-hydrogen) atoms. The molecule has 2 aliphatic heterocycles. The third-order valence-corrected chi connectivity index (χ3v) is 9.13. The maximum Gasteiger partial charge on any atom is 0.416 e. The summed E-state index contributed by atoms with van der Waals surface area (Å²) in [5.41, 5.74) is -0.254. The zero-order chi connectivity index (χ0) is 37.6. The Kier molecular flexibility index (Phi) is 12.3. The summed E-state index contributed by atoms with van der Waals surface area (Å²) in [7, 11) is 0. The largest absolute Gasteiger partial charge is 0.492 e. The molecule has 2 amide bonds. The van der Waals surface area contributed by atoms with Gasteiger partial charge in [0.25, 0.3) is 5.91 Å². The van der Waals surface area contributed by atoms with Crippen LogP contribution in [-0.4, -0.2) is 89.7 Å². The van der Waals surface area contributed by atoms with Crippen molar-refractivity contribution in [3.8, 4) is 16.9 Å². The Morgan fingerprint density at radius 3 is 2.23 bits per heavy atom. The average molecular weight is 769 g/mol. The van der Waals surface area contributed by atoms with Gasteiger partial charge in [0, 0.05) is 30.9 Å². The number of carboxylic acids is 1. The highest BCUT2D eigenvalue weighted by Gasteiger charge is 2.37. The quantitative estimate of drug-likeness (QED) is 0.131. The van der Waals surface area contributed by atoms with Crippen LogP contribution in [0.5, 0.6) is 5.75 Å². The van der Waals surface area contributed by atoms with Gasteiger partial charge in [-0.2, -0.15) is 26.3 Å². The molecule has 0 aromatic heterocycles. The van der Waals surface area contributed by atoms with Crippen LogP contribution in [-0.2, 0) is 31.5 Å². The lowest BCUT2D eigenvalue weighted by atomic mass is 9.97. The number of benzene rings is 3. The number of aliphatic carboxylic acids is 1. The Balaban J connectivity index is 1.43. The van der Waals surface area contributed by atoms with E-state index in [1.54, 1.807) is 30.3 Å². The summed E-state index contributed by atoms with van der Waals surface area (Å²) in [5, 5.41) is 10.3. The van der Waals surface area contributed by atoms with Crippen molar-refractivity contribution in [3.05, 3.63) is 88.3 Å². The van der Waals surface area contributed by atoms with Crippen molar-refractivity contribution < 1.29 is 55.3 Å². The van der Waals surface area contributed by atoms with Crippen molar-refractivity contribution in [1.29, 1.82) is 0 Å². The fourth-order valence-corrected chi connectivity index (χ4v) is 6.47. The van der Waals surface area contributed by atoms with Gasteiger partial charge in [0.15, 0.2) is 4.32 Å². The number of morpholine rings is 1. The van der Waals surface area contributed by atoms with Crippen LogP contribution < -0.4 is 15.1 Å². The second-order valence-electron chi connectivity index (χ2n) is 11.4. The molecule has 2 fully saturated rings. The van der Waals surface area contributed by atoms with Gasteiger partial charge in [0.2, 0.25) is 5.91 Å². The van der Waals surface area contributed by atoms with Crippen LogP contribution >= 0.6 is 24.0 Å². The van der Waals surface area contributed by atoms with Crippen molar-refractivity contribution in [2.75, 3.05) is 57.4 Å². The molecule has 10 nitrogen and oxygen atoms in total. The first-order chi connectivity index (χ1) is 24.6. The lowest BCUT2D eigenvalue weighted by Crippen LogP contribution is -2.48. The van der Waals surface area contributed by atoms with Crippen molar-refractivity contribution >= 4 is 57.8 Å². The van der Waals surface area contributed by atoms with E-state index in [1.807, 2.05) is 0 Å². The smallest absolute Gasteiger partial charge is 0.416 e. The number of carbonyl (C=O) groups is 3. The first-order valence-corrected chi connectivity index (χ1v) is 16.8. The number of anilines is 1. The van der Waals surface area contributed by atoms with Gasteiger partial charge in [0.05, 0.1) is 35.8 Å². The van der Waals surface area contributed by atoms with Crippen LogP contribution in [0.2, 0.25) is 0 Å². The Labute approximate surface area is 302 Å². The molecule has 3 aromatic rings. The topological polar surface area (TPSA) is 112 Å². The SMILES string of the molecule is O=C(O)CN(C(=O)CNN1C(=O)/C(=C/c2cc(-c3cc(C(F)(F)F)cc(C(F)(F)F)c3)ccc2OCCN2CCOCC2)SC1=S)c1ccccc1. The number of nitrogens with one attached hydrogen (secondary N) is 1. The minimum atomic E-state index is -5.06. The standard InChI is InChI=1S/C34H30F6N4O6S2/c35-33(36,37)24-15-22(16-25(18-24)34(38,39)40)21-6-7-27(50-13-10-42-8-11-49-12-9-42)23(14-21)17-28-31(48)44(32(51)52-28)41-19-29(45)43(20-30(46)47)26-4-2-1-3-5-26/h1-7,14-18,41H,8-13,19-20H2,(H,46,47)/b28-17-. The number of alkyl halides is 6. The van der Waals surface area contributed by atoms with Crippen LogP contribution in [0.25, 0.3) is 17.2 Å². The van der Waals surface area contributed by atoms with Gasteiger partial charge in [-0.25, -0.2) is 10.4 Å². The number of hydrogen-bond donors (Lipinski definition) is 2. The fraction of sp³-hybridized carbons (Fsp3) is 0.294. The monoisotopic (exact) mass is 768 g/mol. The molecular formula is C34H30F6N4O6S2. The van der Waals surface area contributed by atoms with Crippen LogP contribution in [0.3, 0.4) is 0 Å². The summed E-state index contributed by atoms with van der Waals surface area (Å²) < 4.78 is 93.2. The van der Waals surface area contributed by atoms with Crippen molar-refractivity contribution in [1.82, 2.24) is 15.3 Å².